The van der Waals surface area contributed by atoms with Crippen molar-refractivity contribution >= 4 is 11.8 Å². The molecule has 172 valence electrons. The fourth-order valence-corrected chi connectivity index (χ4v) is 3.94. The van der Waals surface area contributed by atoms with Crippen LogP contribution in [0.1, 0.15) is 54.6 Å². The standard InChI is InChI=1S/C26H35N3O3/c1-19(2)24(28-25(30)22-11-13-23(32-3)14-12-22)26(31)27-17-20-7-9-21(10-8-20)18-29-15-5-4-6-16-29/h7-14,19,24H,4-6,15-18H2,1-3H3,(H,27,31)(H,28,30). The molecule has 0 aliphatic carbocycles. The number of hydrogen-bond donors (Lipinski definition) is 2. The van der Waals surface area contributed by atoms with Gasteiger partial charge in [0.15, 0.2) is 0 Å². The van der Waals surface area contributed by atoms with E-state index in [1.807, 2.05) is 13.8 Å². The fraction of sp³-hybridized carbons (Fsp3) is 0.462. The molecular formula is C26H35N3O3. The third-order valence-electron chi connectivity index (χ3n) is 5.93. The molecule has 0 saturated carbocycles. The molecule has 6 heteroatoms. The van der Waals surface area contributed by atoms with Gasteiger partial charge < -0.3 is 15.4 Å². The van der Waals surface area contributed by atoms with E-state index in [9.17, 15) is 9.59 Å². The van der Waals surface area contributed by atoms with Crippen LogP contribution in [0.5, 0.6) is 5.75 Å². The average Bonchev–Trinajstić information content (AvgIpc) is 2.82. The summed E-state index contributed by atoms with van der Waals surface area (Å²) >= 11 is 0. The van der Waals surface area contributed by atoms with Crippen molar-refractivity contribution in [3.05, 3.63) is 65.2 Å². The number of likely N-dealkylation sites (tertiary alicyclic amines) is 1. The van der Waals surface area contributed by atoms with Crippen molar-refractivity contribution in [1.29, 1.82) is 0 Å². The van der Waals surface area contributed by atoms with Gasteiger partial charge in [-0.3, -0.25) is 14.5 Å². The minimum absolute atomic E-state index is 0.0379. The molecule has 1 heterocycles. The van der Waals surface area contributed by atoms with Gasteiger partial charge >= 0.3 is 0 Å². The molecule has 2 aromatic rings. The van der Waals surface area contributed by atoms with Gasteiger partial charge in [-0.25, -0.2) is 0 Å². The number of nitrogens with zero attached hydrogens (tertiary/aromatic N) is 1. The second-order valence-corrected chi connectivity index (χ2v) is 8.79. The second-order valence-electron chi connectivity index (χ2n) is 8.79. The molecule has 1 aliphatic heterocycles. The highest BCUT2D eigenvalue weighted by Crippen LogP contribution is 2.14. The Bertz CT molecular complexity index is 872. The van der Waals surface area contributed by atoms with Crippen LogP contribution in [0.3, 0.4) is 0 Å². The summed E-state index contributed by atoms with van der Waals surface area (Å²) in [6.07, 6.45) is 3.92. The van der Waals surface area contributed by atoms with Gasteiger partial charge in [0.25, 0.3) is 5.91 Å². The molecule has 0 spiro atoms. The van der Waals surface area contributed by atoms with Gasteiger partial charge in [-0.2, -0.15) is 0 Å². The lowest BCUT2D eigenvalue weighted by Gasteiger charge is -2.26. The van der Waals surface area contributed by atoms with Crippen molar-refractivity contribution in [3.8, 4) is 5.75 Å². The summed E-state index contributed by atoms with van der Waals surface area (Å²) in [6.45, 7) is 7.62. The van der Waals surface area contributed by atoms with Crippen LogP contribution in [0.4, 0.5) is 0 Å². The second kappa shape index (κ2) is 11.7. The largest absolute Gasteiger partial charge is 0.497 e. The Kier molecular flexibility index (Phi) is 8.68. The van der Waals surface area contributed by atoms with Crippen LogP contribution >= 0.6 is 0 Å². The topological polar surface area (TPSA) is 70.7 Å². The van der Waals surface area contributed by atoms with Crippen molar-refractivity contribution in [2.45, 2.75) is 52.2 Å². The first-order valence-corrected chi connectivity index (χ1v) is 11.5. The van der Waals surface area contributed by atoms with E-state index in [-0.39, 0.29) is 17.7 Å². The Morgan fingerprint density at radius 2 is 1.56 bits per heavy atom. The smallest absolute Gasteiger partial charge is 0.251 e. The third-order valence-corrected chi connectivity index (χ3v) is 5.93. The molecule has 1 fully saturated rings. The van der Waals surface area contributed by atoms with Gasteiger partial charge in [-0.1, -0.05) is 44.5 Å². The van der Waals surface area contributed by atoms with Crippen LogP contribution in [-0.2, 0) is 17.9 Å². The van der Waals surface area contributed by atoms with Crippen LogP contribution in [0.25, 0.3) is 0 Å². The zero-order valence-corrected chi connectivity index (χ0v) is 19.4. The lowest BCUT2D eigenvalue weighted by molar-refractivity contribution is -0.124. The van der Waals surface area contributed by atoms with E-state index in [4.69, 9.17) is 4.74 Å². The molecule has 2 aromatic carbocycles. The highest BCUT2D eigenvalue weighted by atomic mass is 16.5. The van der Waals surface area contributed by atoms with Gasteiger partial charge in [0.05, 0.1) is 7.11 Å². The number of hydrogen-bond acceptors (Lipinski definition) is 4. The zero-order chi connectivity index (χ0) is 22.9. The predicted molar refractivity (Wildman–Crippen MR) is 127 cm³/mol. The van der Waals surface area contributed by atoms with E-state index in [0.29, 0.717) is 17.9 Å². The molecule has 32 heavy (non-hydrogen) atoms. The third kappa shape index (κ3) is 6.82. The minimum atomic E-state index is -0.608. The van der Waals surface area contributed by atoms with E-state index in [1.54, 1.807) is 31.4 Å². The highest BCUT2D eigenvalue weighted by Gasteiger charge is 2.24. The number of amides is 2. The van der Waals surface area contributed by atoms with Gasteiger partial charge in [0.1, 0.15) is 11.8 Å². The molecule has 3 rings (SSSR count). The number of carbonyl (C=O) groups excluding carboxylic acids is 2. The maximum absolute atomic E-state index is 12.8. The monoisotopic (exact) mass is 437 g/mol. The molecule has 1 saturated heterocycles. The number of benzene rings is 2. The van der Waals surface area contributed by atoms with Gasteiger partial charge in [-0.05, 0) is 67.2 Å². The Morgan fingerprint density at radius 1 is 0.938 bits per heavy atom. The summed E-state index contributed by atoms with van der Waals surface area (Å²) in [6, 6.07) is 14.7. The van der Waals surface area contributed by atoms with Crippen LogP contribution in [0, 0.1) is 5.92 Å². The predicted octanol–water partition coefficient (Wildman–Crippen LogP) is 3.75. The lowest BCUT2D eigenvalue weighted by atomic mass is 10.0. The first-order chi connectivity index (χ1) is 15.5. The minimum Gasteiger partial charge on any atom is -0.497 e. The Hall–Kier alpha value is -2.86. The molecule has 6 nitrogen and oxygen atoms in total. The summed E-state index contributed by atoms with van der Waals surface area (Å²) in [5.74, 6) is 0.189. The SMILES string of the molecule is COc1ccc(C(=O)NC(C(=O)NCc2ccc(CN3CCCCC3)cc2)C(C)C)cc1. The highest BCUT2D eigenvalue weighted by molar-refractivity contribution is 5.97. The van der Waals surface area contributed by atoms with Gasteiger partial charge in [0, 0.05) is 18.7 Å². The van der Waals surface area contributed by atoms with Crippen LogP contribution in [0.2, 0.25) is 0 Å². The van der Waals surface area contributed by atoms with E-state index >= 15 is 0 Å². The van der Waals surface area contributed by atoms with E-state index in [0.717, 1.165) is 12.1 Å². The molecule has 1 atom stereocenters. The molecule has 0 radical (unpaired) electrons. The zero-order valence-electron chi connectivity index (χ0n) is 19.4. The fourth-order valence-electron chi connectivity index (χ4n) is 3.94. The number of methoxy groups -OCH3 is 1. The Labute approximate surface area is 191 Å². The van der Waals surface area contributed by atoms with Gasteiger partial charge in [-0.15, -0.1) is 0 Å². The van der Waals surface area contributed by atoms with E-state index in [2.05, 4.69) is 39.8 Å². The molecule has 0 aromatic heterocycles. The first-order valence-electron chi connectivity index (χ1n) is 11.5. The molecule has 1 unspecified atom stereocenters. The number of piperidine rings is 1. The average molecular weight is 438 g/mol. The van der Waals surface area contributed by atoms with Crippen LogP contribution < -0.4 is 15.4 Å². The number of nitrogens with one attached hydrogen (secondary N) is 2. The molecule has 1 aliphatic rings. The van der Waals surface area contributed by atoms with Crippen molar-refractivity contribution in [1.82, 2.24) is 15.5 Å². The summed E-state index contributed by atoms with van der Waals surface area (Å²) in [5, 5.41) is 5.84. The lowest BCUT2D eigenvalue weighted by Crippen LogP contribution is -2.49. The van der Waals surface area contributed by atoms with Crippen molar-refractivity contribution in [2.24, 2.45) is 5.92 Å². The molecular weight excluding hydrogens is 402 g/mol. The van der Waals surface area contributed by atoms with Gasteiger partial charge in [0.2, 0.25) is 5.91 Å². The maximum atomic E-state index is 12.8. The van der Waals surface area contributed by atoms with E-state index in [1.165, 1.54) is 37.9 Å². The normalized spacial score (nSPS) is 15.2. The maximum Gasteiger partial charge on any atom is 0.251 e. The molecule has 0 bridgehead atoms. The summed E-state index contributed by atoms with van der Waals surface area (Å²) < 4.78 is 5.13. The van der Waals surface area contributed by atoms with Crippen molar-refractivity contribution < 1.29 is 14.3 Å². The Balaban J connectivity index is 1.52. The van der Waals surface area contributed by atoms with E-state index < -0.39 is 6.04 Å². The number of rotatable bonds is 9. The number of ether oxygens (including phenoxy) is 1. The number of carbonyl (C=O) groups is 2. The quantitative estimate of drug-likeness (QED) is 0.627. The molecule has 2 amide bonds. The first kappa shape index (κ1) is 23.8. The Morgan fingerprint density at radius 3 is 2.16 bits per heavy atom. The summed E-state index contributed by atoms with van der Waals surface area (Å²) in [5.41, 5.74) is 2.84. The van der Waals surface area contributed by atoms with Crippen LogP contribution in [0.15, 0.2) is 48.5 Å². The van der Waals surface area contributed by atoms with Crippen molar-refractivity contribution in [2.75, 3.05) is 20.2 Å². The summed E-state index contributed by atoms with van der Waals surface area (Å²) in [4.78, 5) is 27.9. The van der Waals surface area contributed by atoms with Crippen LogP contribution in [-0.4, -0.2) is 43.0 Å². The summed E-state index contributed by atoms with van der Waals surface area (Å²) in [7, 11) is 1.58. The van der Waals surface area contributed by atoms with Crippen molar-refractivity contribution in [3.63, 3.8) is 0 Å². The molecule has 2 N–H and O–H groups in total.